The van der Waals surface area contributed by atoms with Crippen molar-refractivity contribution in [2.75, 3.05) is 7.11 Å². The van der Waals surface area contributed by atoms with E-state index < -0.39 is 0 Å². The van der Waals surface area contributed by atoms with Gasteiger partial charge in [-0.25, -0.2) is 0 Å². The van der Waals surface area contributed by atoms with Crippen LogP contribution < -0.4 is 4.74 Å². The Bertz CT molecular complexity index is 699. The van der Waals surface area contributed by atoms with Gasteiger partial charge in [0.2, 0.25) is 0 Å². The van der Waals surface area contributed by atoms with E-state index in [9.17, 15) is 4.79 Å². The molecule has 0 atom stereocenters. The monoisotopic (exact) mass is 323 g/mol. The van der Waals surface area contributed by atoms with Gasteiger partial charge in [-0.15, -0.1) is 0 Å². The normalized spacial score (nSPS) is 10.5. The van der Waals surface area contributed by atoms with E-state index in [1.165, 1.54) is 0 Å². The minimum atomic E-state index is -0.121. The minimum Gasteiger partial charge on any atom is -0.496 e. The van der Waals surface area contributed by atoms with Crippen LogP contribution >= 0.6 is 23.2 Å². The lowest BCUT2D eigenvalue weighted by atomic mass is 10.0. The third-order valence-electron chi connectivity index (χ3n) is 3.31. The number of halogens is 2. The standard InChI is InChI=1S/C16H15Cl2NO2/c1-9-8-19-14(10(2)16(9)21-3)7-15(20)12-6-11(17)4-5-13(12)18/h4-6,8H,7H2,1-3H3. The number of aryl methyl sites for hydroxylation is 1. The van der Waals surface area contributed by atoms with Crippen molar-refractivity contribution in [3.63, 3.8) is 0 Å². The first-order chi connectivity index (χ1) is 9.93. The average Bonchev–Trinajstić information content (AvgIpc) is 2.45. The Hall–Kier alpha value is -1.58. The van der Waals surface area contributed by atoms with Crippen molar-refractivity contribution < 1.29 is 9.53 Å². The average molecular weight is 324 g/mol. The van der Waals surface area contributed by atoms with Gasteiger partial charge in [-0.3, -0.25) is 9.78 Å². The van der Waals surface area contributed by atoms with Gasteiger partial charge in [0, 0.05) is 27.9 Å². The van der Waals surface area contributed by atoms with E-state index in [-0.39, 0.29) is 12.2 Å². The summed E-state index contributed by atoms with van der Waals surface area (Å²) in [5.74, 6) is 0.633. The number of methoxy groups -OCH3 is 1. The molecular weight excluding hydrogens is 309 g/mol. The highest BCUT2D eigenvalue weighted by Crippen LogP contribution is 2.26. The number of nitrogens with zero attached hydrogens (tertiary/aromatic N) is 1. The Morgan fingerprint density at radius 1 is 1.29 bits per heavy atom. The molecule has 0 radical (unpaired) electrons. The molecule has 2 aromatic rings. The van der Waals surface area contributed by atoms with Crippen molar-refractivity contribution in [2.24, 2.45) is 0 Å². The first-order valence-electron chi connectivity index (χ1n) is 6.41. The van der Waals surface area contributed by atoms with Crippen molar-refractivity contribution in [3.8, 4) is 5.75 Å². The minimum absolute atomic E-state index is 0.121. The maximum Gasteiger partial charge on any atom is 0.170 e. The number of ketones is 1. The molecule has 0 amide bonds. The van der Waals surface area contributed by atoms with Crippen LogP contribution in [0.3, 0.4) is 0 Å². The Kier molecular flexibility index (Phi) is 4.86. The van der Waals surface area contributed by atoms with E-state index in [0.717, 1.165) is 16.9 Å². The van der Waals surface area contributed by atoms with Gasteiger partial charge in [0.1, 0.15) is 5.75 Å². The van der Waals surface area contributed by atoms with Crippen LogP contribution in [0.5, 0.6) is 5.75 Å². The molecular formula is C16H15Cl2NO2. The Labute approximate surface area is 133 Å². The van der Waals surface area contributed by atoms with Crippen molar-refractivity contribution in [2.45, 2.75) is 20.3 Å². The lowest BCUT2D eigenvalue weighted by Gasteiger charge is -2.12. The van der Waals surface area contributed by atoms with Gasteiger partial charge in [-0.1, -0.05) is 23.2 Å². The van der Waals surface area contributed by atoms with Crippen molar-refractivity contribution in [1.82, 2.24) is 4.98 Å². The second-order valence-corrected chi connectivity index (χ2v) is 5.61. The Morgan fingerprint density at radius 3 is 2.67 bits per heavy atom. The summed E-state index contributed by atoms with van der Waals surface area (Å²) in [5, 5.41) is 0.870. The molecule has 0 aliphatic rings. The molecule has 2 rings (SSSR count). The highest BCUT2D eigenvalue weighted by atomic mass is 35.5. The summed E-state index contributed by atoms with van der Waals surface area (Å²) in [6, 6.07) is 4.85. The quantitative estimate of drug-likeness (QED) is 0.781. The van der Waals surface area contributed by atoms with Crippen LogP contribution in [0.25, 0.3) is 0 Å². The summed E-state index contributed by atoms with van der Waals surface area (Å²) in [5.41, 5.74) is 2.89. The fraction of sp³-hybridized carbons (Fsp3) is 0.250. The van der Waals surface area contributed by atoms with Crippen LogP contribution in [0.4, 0.5) is 0 Å². The second kappa shape index (κ2) is 6.46. The zero-order valence-electron chi connectivity index (χ0n) is 12.0. The highest BCUT2D eigenvalue weighted by Gasteiger charge is 2.16. The molecule has 0 aliphatic carbocycles. The third kappa shape index (κ3) is 3.36. The van der Waals surface area contributed by atoms with Crippen LogP contribution in [0, 0.1) is 13.8 Å². The smallest absolute Gasteiger partial charge is 0.170 e. The molecule has 3 nitrogen and oxygen atoms in total. The van der Waals surface area contributed by atoms with E-state index in [2.05, 4.69) is 4.98 Å². The van der Waals surface area contributed by atoms with Crippen LogP contribution in [0.2, 0.25) is 10.0 Å². The van der Waals surface area contributed by atoms with Crippen LogP contribution in [0.15, 0.2) is 24.4 Å². The molecule has 0 unspecified atom stereocenters. The maximum absolute atomic E-state index is 12.4. The van der Waals surface area contributed by atoms with Crippen molar-refractivity contribution in [3.05, 3.63) is 56.8 Å². The van der Waals surface area contributed by atoms with Crippen molar-refractivity contribution >= 4 is 29.0 Å². The van der Waals surface area contributed by atoms with Crippen molar-refractivity contribution in [1.29, 1.82) is 0 Å². The topological polar surface area (TPSA) is 39.2 Å². The molecule has 0 saturated carbocycles. The summed E-state index contributed by atoms with van der Waals surface area (Å²) in [6.45, 7) is 3.80. The molecule has 110 valence electrons. The fourth-order valence-electron chi connectivity index (χ4n) is 2.21. The van der Waals surface area contributed by atoms with Gasteiger partial charge in [0.25, 0.3) is 0 Å². The first kappa shape index (κ1) is 15.8. The van der Waals surface area contributed by atoms with Gasteiger partial charge < -0.3 is 4.74 Å². The van der Waals surface area contributed by atoms with Crippen LogP contribution in [0.1, 0.15) is 27.2 Å². The zero-order valence-corrected chi connectivity index (χ0v) is 13.5. The Morgan fingerprint density at radius 2 is 2.00 bits per heavy atom. The SMILES string of the molecule is COc1c(C)cnc(CC(=O)c2cc(Cl)ccc2Cl)c1C. The lowest BCUT2D eigenvalue weighted by Crippen LogP contribution is -2.09. The van der Waals surface area contributed by atoms with Gasteiger partial charge in [0.05, 0.1) is 24.2 Å². The molecule has 0 N–H and O–H groups in total. The molecule has 21 heavy (non-hydrogen) atoms. The second-order valence-electron chi connectivity index (χ2n) is 4.77. The molecule has 1 heterocycles. The van der Waals surface area contributed by atoms with E-state index in [4.69, 9.17) is 27.9 Å². The van der Waals surface area contributed by atoms with Crippen LogP contribution in [-0.4, -0.2) is 17.9 Å². The summed E-state index contributed by atoms with van der Waals surface area (Å²) < 4.78 is 5.35. The van der Waals surface area contributed by atoms with Gasteiger partial charge in [-0.05, 0) is 32.0 Å². The lowest BCUT2D eigenvalue weighted by molar-refractivity contribution is 0.0992. The molecule has 0 spiro atoms. The molecule has 5 heteroatoms. The number of carbonyl (C=O) groups is 1. The summed E-state index contributed by atoms with van der Waals surface area (Å²) in [4.78, 5) is 16.7. The number of ether oxygens (including phenoxy) is 1. The molecule has 0 fully saturated rings. The number of hydrogen-bond donors (Lipinski definition) is 0. The van der Waals surface area contributed by atoms with Gasteiger partial charge in [-0.2, -0.15) is 0 Å². The molecule has 0 saturated heterocycles. The summed E-state index contributed by atoms with van der Waals surface area (Å²) in [7, 11) is 1.61. The number of aromatic nitrogens is 1. The number of Topliss-reactive ketones (excluding diaryl/α,β-unsaturated/α-hetero) is 1. The third-order valence-corrected chi connectivity index (χ3v) is 3.87. The van der Waals surface area contributed by atoms with Crippen LogP contribution in [-0.2, 0) is 6.42 Å². The van der Waals surface area contributed by atoms with E-state index in [1.54, 1.807) is 31.5 Å². The predicted octanol–water partition coefficient (Wildman–Crippen LogP) is 4.44. The van der Waals surface area contributed by atoms with Gasteiger partial charge >= 0.3 is 0 Å². The predicted molar refractivity (Wildman–Crippen MR) is 84.8 cm³/mol. The van der Waals surface area contributed by atoms with E-state index in [0.29, 0.717) is 21.3 Å². The Balaban J connectivity index is 2.34. The highest BCUT2D eigenvalue weighted by molar-refractivity contribution is 6.35. The summed E-state index contributed by atoms with van der Waals surface area (Å²) >= 11 is 12.0. The number of carbonyl (C=O) groups excluding carboxylic acids is 1. The van der Waals surface area contributed by atoms with E-state index >= 15 is 0 Å². The number of rotatable bonds is 4. The first-order valence-corrected chi connectivity index (χ1v) is 7.17. The fourth-order valence-corrected chi connectivity index (χ4v) is 2.60. The largest absolute Gasteiger partial charge is 0.496 e. The maximum atomic E-state index is 12.4. The van der Waals surface area contributed by atoms with Gasteiger partial charge in [0.15, 0.2) is 5.78 Å². The number of hydrogen-bond acceptors (Lipinski definition) is 3. The molecule has 1 aromatic carbocycles. The zero-order chi connectivity index (χ0) is 15.6. The summed E-state index contributed by atoms with van der Waals surface area (Å²) in [6.07, 6.45) is 1.86. The van der Waals surface area contributed by atoms with E-state index in [1.807, 2.05) is 13.8 Å². The molecule has 1 aromatic heterocycles. The molecule has 0 aliphatic heterocycles. The number of pyridine rings is 1. The molecule has 0 bridgehead atoms. The number of benzene rings is 1.